The minimum atomic E-state index is 0.116. The maximum absolute atomic E-state index is 13.3. The molecule has 1 heterocycles. The molecule has 0 spiro atoms. The van der Waals surface area contributed by atoms with Crippen molar-refractivity contribution in [1.82, 2.24) is 9.80 Å². The molecular weight excluding hydrogens is 428 g/mol. The largest absolute Gasteiger partial charge is 0.489 e. The minimum absolute atomic E-state index is 0.116. The summed E-state index contributed by atoms with van der Waals surface area (Å²) in [4.78, 5) is 18.5. The van der Waals surface area contributed by atoms with Crippen LogP contribution in [0.25, 0.3) is 0 Å². The molecule has 3 aromatic rings. The monoisotopic (exact) mass is 464 g/mol. The predicted octanol–water partition coefficient (Wildman–Crippen LogP) is 6.48. The highest BCUT2D eigenvalue weighted by Gasteiger charge is 2.22. The average molecular weight is 465 g/mol. The molecule has 0 aliphatic carbocycles. The number of hydrogen-bond donors (Lipinski definition) is 0. The lowest BCUT2D eigenvalue weighted by atomic mass is 10.1. The van der Waals surface area contributed by atoms with Crippen LogP contribution in [0.4, 0.5) is 0 Å². The maximum atomic E-state index is 13.3. The molecule has 1 unspecified atom stereocenters. The van der Waals surface area contributed by atoms with Gasteiger partial charge < -0.3 is 14.5 Å². The van der Waals surface area contributed by atoms with E-state index in [1.54, 1.807) is 0 Å². The first kappa shape index (κ1) is 25.0. The Kier molecular flexibility index (Phi) is 9.98. The van der Waals surface area contributed by atoms with Crippen molar-refractivity contribution in [1.29, 1.82) is 0 Å². The maximum Gasteiger partial charge on any atom is 0.264 e. The Bertz CT molecular complexity index is 938. The number of hydrogen-bond acceptors (Lipinski definition) is 4. The molecule has 0 aliphatic rings. The normalized spacial score (nSPS) is 12.0. The molecule has 0 radical (unpaired) electrons. The molecular formula is C28H36N2O2S. The fourth-order valence-electron chi connectivity index (χ4n) is 3.90. The Hall–Kier alpha value is -2.63. The third kappa shape index (κ3) is 7.72. The molecule has 1 aromatic heterocycles. The number of carbonyl (C=O) groups excluding carboxylic acids is 1. The molecule has 1 amide bonds. The minimum Gasteiger partial charge on any atom is -0.489 e. The lowest BCUT2D eigenvalue weighted by Crippen LogP contribution is -2.38. The second kappa shape index (κ2) is 13.2. The molecule has 3 rings (SSSR count). The molecule has 0 fully saturated rings. The molecule has 0 saturated heterocycles. The summed E-state index contributed by atoms with van der Waals surface area (Å²) in [6, 6.07) is 22.3. The van der Waals surface area contributed by atoms with Gasteiger partial charge in [-0.25, -0.2) is 0 Å². The summed E-state index contributed by atoms with van der Waals surface area (Å²) in [5.74, 6) is 0.954. The second-order valence-corrected chi connectivity index (χ2v) is 9.29. The highest BCUT2D eigenvalue weighted by atomic mass is 32.1. The topological polar surface area (TPSA) is 32.8 Å². The van der Waals surface area contributed by atoms with Crippen molar-refractivity contribution >= 4 is 17.2 Å². The average Bonchev–Trinajstić information content (AvgIpc) is 3.40. The van der Waals surface area contributed by atoms with Crippen LogP contribution in [0.3, 0.4) is 0 Å². The molecule has 2 aromatic carbocycles. The molecule has 5 heteroatoms. The van der Waals surface area contributed by atoms with E-state index in [1.807, 2.05) is 52.7 Å². The first-order valence-corrected chi connectivity index (χ1v) is 12.8. The van der Waals surface area contributed by atoms with Gasteiger partial charge in [0, 0.05) is 12.6 Å². The van der Waals surface area contributed by atoms with Crippen LogP contribution in [0.15, 0.2) is 72.1 Å². The summed E-state index contributed by atoms with van der Waals surface area (Å²) in [5.41, 5.74) is 2.26. The number of benzene rings is 2. The number of rotatable bonds is 13. The SMILES string of the molecule is CCN(CC)CCCC(C)N(Cc1ccc(OCc2ccccc2)cc1)C(=O)c1cccs1. The van der Waals surface area contributed by atoms with Crippen molar-refractivity contribution in [3.05, 3.63) is 88.1 Å². The quantitative estimate of drug-likeness (QED) is 0.290. The number of ether oxygens (including phenoxy) is 1. The summed E-state index contributed by atoms with van der Waals surface area (Å²) in [7, 11) is 0. The number of carbonyl (C=O) groups is 1. The summed E-state index contributed by atoms with van der Waals surface area (Å²) < 4.78 is 5.92. The van der Waals surface area contributed by atoms with Gasteiger partial charge in [-0.3, -0.25) is 4.79 Å². The van der Waals surface area contributed by atoms with Crippen molar-refractivity contribution in [2.45, 2.75) is 52.8 Å². The molecule has 0 aliphatic heterocycles. The van der Waals surface area contributed by atoms with Crippen LogP contribution in [0, 0.1) is 0 Å². The van der Waals surface area contributed by atoms with E-state index in [0.717, 1.165) is 54.2 Å². The lowest BCUT2D eigenvalue weighted by Gasteiger charge is -2.30. The van der Waals surface area contributed by atoms with Crippen molar-refractivity contribution in [3.8, 4) is 5.75 Å². The van der Waals surface area contributed by atoms with Gasteiger partial charge in [-0.15, -0.1) is 11.3 Å². The summed E-state index contributed by atoms with van der Waals surface area (Å²) in [6.07, 6.45) is 2.08. The van der Waals surface area contributed by atoms with Gasteiger partial charge in [0.15, 0.2) is 0 Å². The van der Waals surface area contributed by atoms with E-state index in [0.29, 0.717) is 13.2 Å². The smallest absolute Gasteiger partial charge is 0.264 e. The second-order valence-electron chi connectivity index (χ2n) is 8.35. The zero-order valence-electron chi connectivity index (χ0n) is 20.1. The van der Waals surface area contributed by atoms with Gasteiger partial charge in [0.25, 0.3) is 5.91 Å². The molecule has 4 nitrogen and oxygen atoms in total. The van der Waals surface area contributed by atoms with E-state index >= 15 is 0 Å². The van der Waals surface area contributed by atoms with Crippen LogP contribution in [0.1, 0.15) is 54.4 Å². The van der Waals surface area contributed by atoms with Crippen LogP contribution < -0.4 is 4.74 Å². The van der Waals surface area contributed by atoms with E-state index in [1.165, 1.54) is 11.3 Å². The fourth-order valence-corrected chi connectivity index (χ4v) is 4.58. The van der Waals surface area contributed by atoms with Gasteiger partial charge in [0.2, 0.25) is 0 Å². The van der Waals surface area contributed by atoms with Crippen LogP contribution in [-0.4, -0.2) is 41.4 Å². The summed E-state index contributed by atoms with van der Waals surface area (Å²) in [6.45, 7) is 10.9. The van der Waals surface area contributed by atoms with Gasteiger partial charge in [-0.1, -0.05) is 62.4 Å². The highest BCUT2D eigenvalue weighted by molar-refractivity contribution is 7.12. The summed E-state index contributed by atoms with van der Waals surface area (Å²) >= 11 is 1.51. The van der Waals surface area contributed by atoms with Crippen molar-refractivity contribution in [2.75, 3.05) is 19.6 Å². The number of thiophene rings is 1. The van der Waals surface area contributed by atoms with Crippen LogP contribution in [-0.2, 0) is 13.2 Å². The van der Waals surface area contributed by atoms with Crippen molar-refractivity contribution < 1.29 is 9.53 Å². The fraction of sp³-hybridized carbons (Fsp3) is 0.393. The Morgan fingerprint density at radius 2 is 1.67 bits per heavy atom. The van der Waals surface area contributed by atoms with Gasteiger partial charge >= 0.3 is 0 Å². The van der Waals surface area contributed by atoms with Gasteiger partial charge in [-0.2, -0.15) is 0 Å². The van der Waals surface area contributed by atoms with Crippen LogP contribution in [0.2, 0.25) is 0 Å². The third-order valence-electron chi connectivity index (χ3n) is 6.04. The van der Waals surface area contributed by atoms with E-state index in [2.05, 4.69) is 49.9 Å². The Labute approximate surface area is 202 Å². The van der Waals surface area contributed by atoms with E-state index in [9.17, 15) is 4.79 Å². The molecule has 1 atom stereocenters. The first-order chi connectivity index (χ1) is 16.1. The lowest BCUT2D eigenvalue weighted by molar-refractivity contribution is 0.0667. The Morgan fingerprint density at radius 1 is 0.939 bits per heavy atom. The van der Waals surface area contributed by atoms with E-state index in [-0.39, 0.29) is 11.9 Å². The Balaban J connectivity index is 1.63. The van der Waals surface area contributed by atoms with Gasteiger partial charge in [0.1, 0.15) is 12.4 Å². The predicted molar refractivity (Wildman–Crippen MR) is 138 cm³/mol. The number of nitrogens with zero attached hydrogens (tertiary/aromatic N) is 2. The first-order valence-electron chi connectivity index (χ1n) is 11.9. The number of amides is 1. The van der Waals surface area contributed by atoms with Crippen LogP contribution in [0.5, 0.6) is 5.75 Å². The van der Waals surface area contributed by atoms with Crippen molar-refractivity contribution in [3.63, 3.8) is 0 Å². The molecule has 0 bridgehead atoms. The standard InChI is InChI=1S/C28H36N2O2S/c1-4-29(5-2)19-9-11-23(3)30(28(31)27-14-10-20-33-27)21-24-15-17-26(18-16-24)32-22-25-12-7-6-8-13-25/h6-8,10,12-18,20,23H,4-5,9,11,19,21-22H2,1-3H3. The van der Waals surface area contributed by atoms with Gasteiger partial charge in [0.05, 0.1) is 4.88 Å². The molecule has 0 saturated carbocycles. The van der Waals surface area contributed by atoms with E-state index < -0.39 is 0 Å². The molecule has 0 N–H and O–H groups in total. The van der Waals surface area contributed by atoms with E-state index in [4.69, 9.17) is 4.74 Å². The van der Waals surface area contributed by atoms with Gasteiger partial charge in [-0.05, 0) is 74.1 Å². The molecule has 33 heavy (non-hydrogen) atoms. The zero-order chi connectivity index (χ0) is 23.5. The van der Waals surface area contributed by atoms with Crippen LogP contribution >= 0.6 is 11.3 Å². The highest BCUT2D eigenvalue weighted by Crippen LogP contribution is 2.21. The third-order valence-corrected chi connectivity index (χ3v) is 6.90. The van der Waals surface area contributed by atoms with Crippen molar-refractivity contribution in [2.24, 2.45) is 0 Å². The summed E-state index contributed by atoms with van der Waals surface area (Å²) in [5, 5.41) is 1.97. The Morgan fingerprint density at radius 3 is 2.30 bits per heavy atom. The molecule has 176 valence electrons. The zero-order valence-corrected chi connectivity index (χ0v) is 20.9.